The third-order valence-electron chi connectivity index (χ3n) is 2.16. The Morgan fingerprint density at radius 3 is 2.75 bits per heavy atom. The Morgan fingerprint density at radius 1 is 1.31 bits per heavy atom. The van der Waals surface area contributed by atoms with Crippen molar-refractivity contribution in [3.8, 4) is 5.69 Å². The normalized spacial score (nSPS) is 10.8. The smallest absolute Gasteiger partial charge is 0.106 e. The predicted molar refractivity (Wildman–Crippen MR) is 67.3 cm³/mol. The summed E-state index contributed by atoms with van der Waals surface area (Å²) in [5.74, 6) is 0. The van der Waals surface area contributed by atoms with Gasteiger partial charge in [0.05, 0.1) is 10.7 Å². The Labute approximate surface area is 100 Å². The van der Waals surface area contributed by atoms with Gasteiger partial charge in [-0.05, 0) is 32.0 Å². The van der Waals surface area contributed by atoms with Gasteiger partial charge in [-0.2, -0.15) is 5.10 Å². The van der Waals surface area contributed by atoms with Crippen LogP contribution in [0.4, 0.5) is 5.69 Å². The third kappa shape index (κ3) is 2.19. The number of halogens is 1. The maximum absolute atomic E-state index is 6.20. The van der Waals surface area contributed by atoms with Crippen LogP contribution in [0, 0.1) is 0 Å². The van der Waals surface area contributed by atoms with E-state index in [4.69, 9.17) is 11.6 Å². The maximum atomic E-state index is 6.20. The number of hydrogen-bond donors (Lipinski definition) is 1. The Bertz CT molecular complexity index is 463. The molecular weight excluding hydrogens is 222 g/mol. The first-order valence-corrected chi connectivity index (χ1v) is 5.61. The number of rotatable bonds is 3. The van der Waals surface area contributed by atoms with Crippen molar-refractivity contribution in [2.45, 2.75) is 19.9 Å². The molecule has 0 unspecified atom stereocenters. The van der Waals surface area contributed by atoms with E-state index in [1.807, 2.05) is 30.5 Å². The molecule has 1 N–H and O–H groups in total. The highest BCUT2D eigenvalue weighted by molar-refractivity contribution is 6.33. The molecule has 0 aliphatic rings. The lowest BCUT2D eigenvalue weighted by Gasteiger charge is -2.15. The highest BCUT2D eigenvalue weighted by Crippen LogP contribution is 2.28. The molecule has 16 heavy (non-hydrogen) atoms. The zero-order chi connectivity index (χ0) is 11.5. The second-order valence-electron chi connectivity index (χ2n) is 3.89. The molecule has 0 bridgehead atoms. The fourth-order valence-corrected chi connectivity index (χ4v) is 1.84. The molecule has 0 aliphatic carbocycles. The summed E-state index contributed by atoms with van der Waals surface area (Å²) in [6.45, 7) is 4.18. The molecule has 2 aromatic rings. The molecule has 0 radical (unpaired) electrons. The van der Waals surface area contributed by atoms with Gasteiger partial charge in [0.15, 0.2) is 0 Å². The Morgan fingerprint density at radius 2 is 2.12 bits per heavy atom. The highest BCUT2D eigenvalue weighted by Gasteiger charge is 2.09. The molecule has 0 amide bonds. The summed E-state index contributed by atoms with van der Waals surface area (Å²) in [6, 6.07) is 8.03. The van der Waals surface area contributed by atoms with Gasteiger partial charge in [0.25, 0.3) is 0 Å². The van der Waals surface area contributed by atoms with Crippen molar-refractivity contribution in [2.24, 2.45) is 0 Å². The van der Waals surface area contributed by atoms with E-state index in [1.165, 1.54) is 0 Å². The van der Waals surface area contributed by atoms with Gasteiger partial charge in [-0.15, -0.1) is 0 Å². The van der Waals surface area contributed by atoms with E-state index in [9.17, 15) is 0 Å². The molecule has 1 aromatic heterocycles. The molecule has 1 aromatic carbocycles. The quantitative estimate of drug-likeness (QED) is 0.884. The average molecular weight is 236 g/mol. The Hall–Kier alpha value is -1.48. The number of anilines is 1. The number of benzene rings is 1. The van der Waals surface area contributed by atoms with Crippen LogP contribution in [0.2, 0.25) is 5.02 Å². The van der Waals surface area contributed by atoms with Crippen LogP contribution in [0.15, 0.2) is 36.7 Å². The molecule has 4 heteroatoms. The molecule has 0 spiro atoms. The van der Waals surface area contributed by atoms with Gasteiger partial charge in [-0.3, -0.25) is 0 Å². The molecule has 0 atom stereocenters. The SMILES string of the molecule is CC(C)Nc1cccc(Cl)c1-n1cccn1. The van der Waals surface area contributed by atoms with Crippen molar-refractivity contribution < 1.29 is 0 Å². The van der Waals surface area contributed by atoms with E-state index >= 15 is 0 Å². The lowest BCUT2D eigenvalue weighted by atomic mass is 10.2. The minimum atomic E-state index is 0.354. The van der Waals surface area contributed by atoms with Crippen LogP contribution in [-0.4, -0.2) is 15.8 Å². The van der Waals surface area contributed by atoms with Gasteiger partial charge in [0, 0.05) is 18.4 Å². The van der Waals surface area contributed by atoms with Crippen molar-refractivity contribution in [2.75, 3.05) is 5.32 Å². The zero-order valence-corrected chi connectivity index (χ0v) is 10.1. The molecule has 2 rings (SSSR count). The molecule has 0 aliphatic heterocycles. The van der Waals surface area contributed by atoms with Gasteiger partial charge in [0.2, 0.25) is 0 Å². The summed E-state index contributed by atoms with van der Waals surface area (Å²) in [6.07, 6.45) is 3.62. The van der Waals surface area contributed by atoms with E-state index in [1.54, 1.807) is 10.9 Å². The molecule has 1 heterocycles. The predicted octanol–water partition coefficient (Wildman–Crippen LogP) is 3.35. The summed E-state index contributed by atoms with van der Waals surface area (Å²) in [7, 11) is 0. The first-order chi connectivity index (χ1) is 7.68. The van der Waals surface area contributed by atoms with Gasteiger partial charge in [-0.25, -0.2) is 4.68 Å². The van der Waals surface area contributed by atoms with Crippen LogP contribution in [0.5, 0.6) is 0 Å². The van der Waals surface area contributed by atoms with Crippen LogP contribution in [-0.2, 0) is 0 Å². The van der Waals surface area contributed by atoms with Crippen LogP contribution in [0.25, 0.3) is 5.69 Å². The lowest BCUT2D eigenvalue weighted by molar-refractivity contribution is 0.860. The van der Waals surface area contributed by atoms with Crippen LogP contribution >= 0.6 is 11.6 Å². The molecule has 0 saturated carbocycles. The monoisotopic (exact) mass is 235 g/mol. The van der Waals surface area contributed by atoms with E-state index in [0.717, 1.165) is 11.4 Å². The summed E-state index contributed by atoms with van der Waals surface area (Å²) < 4.78 is 1.77. The fourth-order valence-electron chi connectivity index (χ4n) is 1.58. The van der Waals surface area contributed by atoms with Crippen LogP contribution in [0.1, 0.15) is 13.8 Å². The second-order valence-corrected chi connectivity index (χ2v) is 4.29. The van der Waals surface area contributed by atoms with Crippen molar-refractivity contribution >= 4 is 17.3 Å². The van der Waals surface area contributed by atoms with E-state index in [0.29, 0.717) is 11.1 Å². The molecule has 0 fully saturated rings. The Balaban J connectivity index is 2.49. The van der Waals surface area contributed by atoms with E-state index < -0.39 is 0 Å². The number of aromatic nitrogens is 2. The summed E-state index contributed by atoms with van der Waals surface area (Å²) in [4.78, 5) is 0. The Kier molecular flexibility index (Phi) is 3.15. The average Bonchev–Trinajstić information content (AvgIpc) is 2.69. The van der Waals surface area contributed by atoms with Gasteiger partial charge in [-0.1, -0.05) is 17.7 Å². The van der Waals surface area contributed by atoms with Gasteiger partial charge >= 0.3 is 0 Å². The van der Waals surface area contributed by atoms with Crippen molar-refractivity contribution in [1.82, 2.24) is 9.78 Å². The first kappa shape index (κ1) is 11.0. The number of hydrogen-bond acceptors (Lipinski definition) is 2. The second kappa shape index (κ2) is 4.58. The number of nitrogens with one attached hydrogen (secondary N) is 1. The minimum Gasteiger partial charge on any atom is -0.381 e. The minimum absolute atomic E-state index is 0.354. The molecule has 84 valence electrons. The maximum Gasteiger partial charge on any atom is 0.106 e. The molecule has 3 nitrogen and oxygen atoms in total. The third-order valence-corrected chi connectivity index (χ3v) is 2.47. The van der Waals surface area contributed by atoms with Crippen molar-refractivity contribution in [3.05, 3.63) is 41.7 Å². The summed E-state index contributed by atoms with van der Waals surface area (Å²) >= 11 is 6.20. The molecular formula is C12H14ClN3. The number of nitrogens with zero attached hydrogens (tertiary/aromatic N) is 2. The zero-order valence-electron chi connectivity index (χ0n) is 9.31. The molecule has 0 saturated heterocycles. The highest BCUT2D eigenvalue weighted by atomic mass is 35.5. The largest absolute Gasteiger partial charge is 0.381 e. The summed E-state index contributed by atoms with van der Waals surface area (Å²) in [5, 5.41) is 8.25. The van der Waals surface area contributed by atoms with Crippen LogP contribution < -0.4 is 5.32 Å². The fraction of sp³-hybridized carbons (Fsp3) is 0.250. The van der Waals surface area contributed by atoms with E-state index in [2.05, 4.69) is 24.3 Å². The van der Waals surface area contributed by atoms with E-state index in [-0.39, 0.29) is 0 Å². The van der Waals surface area contributed by atoms with Crippen molar-refractivity contribution in [3.63, 3.8) is 0 Å². The number of para-hydroxylation sites is 1. The first-order valence-electron chi connectivity index (χ1n) is 5.23. The lowest BCUT2D eigenvalue weighted by Crippen LogP contribution is -2.12. The van der Waals surface area contributed by atoms with Gasteiger partial charge < -0.3 is 5.32 Å². The van der Waals surface area contributed by atoms with Crippen molar-refractivity contribution in [1.29, 1.82) is 0 Å². The topological polar surface area (TPSA) is 29.9 Å². The summed E-state index contributed by atoms with van der Waals surface area (Å²) in [5.41, 5.74) is 1.88. The van der Waals surface area contributed by atoms with Crippen LogP contribution in [0.3, 0.4) is 0 Å². The van der Waals surface area contributed by atoms with Gasteiger partial charge in [0.1, 0.15) is 5.69 Å². The standard InChI is InChI=1S/C12H14ClN3/c1-9(2)15-11-6-3-5-10(13)12(11)16-8-4-7-14-16/h3-9,15H,1-2H3.